The Bertz CT molecular complexity index is 962. The zero-order valence-electron chi connectivity index (χ0n) is 20.7. The minimum Gasteiger partial charge on any atom is -0.461 e. The third-order valence-electron chi connectivity index (χ3n) is 5.03. The van der Waals surface area contributed by atoms with E-state index in [2.05, 4.69) is 5.32 Å². The molecule has 2 aromatic rings. The minimum atomic E-state index is -1.60. The molecule has 36 heavy (non-hydrogen) atoms. The van der Waals surface area contributed by atoms with E-state index >= 15 is 0 Å². The second kappa shape index (κ2) is 15.1. The van der Waals surface area contributed by atoms with Crippen LogP contribution in [0, 0.1) is 0 Å². The third-order valence-corrected chi connectivity index (χ3v) is 5.29. The van der Waals surface area contributed by atoms with Gasteiger partial charge in [-0.1, -0.05) is 54.1 Å². The summed E-state index contributed by atoms with van der Waals surface area (Å²) in [7, 11) is 0. The van der Waals surface area contributed by atoms with E-state index in [1.165, 1.54) is 6.92 Å². The zero-order chi connectivity index (χ0) is 26.4. The van der Waals surface area contributed by atoms with Gasteiger partial charge in [0.2, 0.25) is 6.79 Å². The van der Waals surface area contributed by atoms with Crippen LogP contribution in [-0.4, -0.2) is 43.8 Å². The maximum absolute atomic E-state index is 12.4. The lowest BCUT2D eigenvalue weighted by Crippen LogP contribution is -2.43. The van der Waals surface area contributed by atoms with Crippen LogP contribution in [-0.2, 0) is 39.9 Å². The fourth-order valence-electron chi connectivity index (χ4n) is 3.25. The highest BCUT2D eigenvalue weighted by Crippen LogP contribution is 2.22. The number of benzene rings is 2. The normalized spacial score (nSPS) is 11.9. The summed E-state index contributed by atoms with van der Waals surface area (Å²) in [5, 5.41) is 3.21. The summed E-state index contributed by atoms with van der Waals surface area (Å²) in [6.07, 6.45) is -0.539. The van der Waals surface area contributed by atoms with E-state index in [0.29, 0.717) is 10.6 Å². The number of alkyl carbamates (subject to hydrolysis) is 1. The second-order valence-electron chi connectivity index (χ2n) is 7.73. The quantitative estimate of drug-likeness (QED) is 0.275. The van der Waals surface area contributed by atoms with Gasteiger partial charge in [0.25, 0.3) is 5.79 Å². The fourth-order valence-corrected chi connectivity index (χ4v) is 3.38. The number of ether oxygens (including phenoxy) is 5. The number of halogens is 1. The van der Waals surface area contributed by atoms with Crippen molar-refractivity contribution >= 4 is 29.6 Å². The molecule has 1 unspecified atom stereocenters. The number of esters is 2. The maximum atomic E-state index is 12.4. The Morgan fingerprint density at radius 1 is 0.917 bits per heavy atom. The lowest BCUT2D eigenvalue weighted by atomic mass is 10.0. The average Bonchev–Trinajstić information content (AvgIpc) is 2.86. The number of carbonyl (C=O) groups excluding carboxylic acids is 3. The summed E-state index contributed by atoms with van der Waals surface area (Å²) in [4.78, 5) is 37.0. The first kappa shape index (κ1) is 29.1. The highest BCUT2D eigenvalue weighted by molar-refractivity contribution is 6.30. The molecule has 0 saturated heterocycles. The predicted molar refractivity (Wildman–Crippen MR) is 132 cm³/mol. The van der Waals surface area contributed by atoms with Crippen LogP contribution >= 0.6 is 11.6 Å². The molecule has 0 fully saturated rings. The first-order valence-corrected chi connectivity index (χ1v) is 12.0. The first-order chi connectivity index (χ1) is 17.3. The number of hydrogen-bond acceptors (Lipinski definition) is 8. The van der Waals surface area contributed by atoms with Gasteiger partial charge in [-0.15, -0.1) is 0 Å². The van der Waals surface area contributed by atoms with E-state index in [-0.39, 0.29) is 32.7 Å². The Kier molecular flexibility index (Phi) is 12.2. The van der Waals surface area contributed by atoms with E-state index in [1.807, 2.05) is 30.3 Å². The number of rotatable bonds is 14. The molecule has 9 nitrogen and oxygen atoms in total. The SMILES string of the molecule is CCOC(C)(OCC)C(=O)OCOC(=O)NC(CCC(=O)OCc1ccccc1)c1ccc(Cl)cc1. The summed E-state index contributed by atoms with van der Waals surface area (Å²) in [5.41, 5.74) is 1.59. The summed E-state index contributed by atoms with van der Waals surface area (Å²) in [6.45, 7) is 4.82. The van der Waals surface area contributed by atoms with Crippen molar-refractivity contribution in [2.24, 2.45) is 0 Å². The van der Waals surface area contributed by atoms with Crippen LogP contribution in [0.25, 0.3) is 0 Å². The van der Waals surface area contributed by atoms with Crippen LogP contribution in [0.3, 0.4) is 0 Å². The van der Waals surface area contributed by atoms with Crippen molar-refractivity contribution in [2.75, 3.05) is 20.0 Å². The van der Waals surface area contributed by atoms with Crippen LogP contribution in [0.15, 0.2) is 54.6 Å². The Labute approximate surface area is 216 Å². The van der Waals surface area contributed by atoms with E-state index in [1.54, 1.807) is 38.1 Å². The van der Waals surface area contributed by atoms with Gasteiger partial charge in [0.05, 0.1) is 6.04 Å². The smallest absolute Gasteiger partial charge is 0.410 e. The molecule has 0 aliphatic carbocycles. The van der Waals surface area contributed by atoms with Gasteiger partial charge in [-0.3, -0.25) is 4.79 Å². The molecule has 0 aliphatic heterocycles. The van der Waals surface area contributed by atoms with Crippen molar-refractivity contribution in [2.45, 2.75) is 52.0 Å². The van der Waals surface area contributed by atoms with Gasteiger partial charge >= 0.3 is 18.0 Å². The van der Waals surface area contributed by atoms with Gasteiger partial charge in [0.15, 0.2) is 0 Å². The average molecular weight is 522 g/mol. The summed E-state index contributed by atoms with van der Waals surface area (Å²) in [6, 6.07) is 15.6. The minimum absolute atomic E-state index is 0.0520. The third kappa shape index (κ3) is 9.85. The number of nitrogens with one attached hydrogen (secondary N) is 1. The van der Waals surface area contributed by atoms with Crippen molar-refractivity contribution in [1.29, 1.82) is 0 Å². The number of hydrogen-bond donors (Lipinski definition) is 1. The van der Waals surface area contributed by atoms with Gasteiger partial charge in [-0.2, -0.15) is 0 Å². The fraction of sp³-hybridized carbons (Fsp3) is 0.423. The number of amides is 1. The predicted octanol–water partition coefficient (Wildman–Crippen LogP) is 4.92. The summed E-state index contributed by atoms with van der Waals surface area (Å²) in [5.74, 6) is -2.84. The lowest BCUT2D eigenvalue weighted by molar-refractivity contribution is -0.242. The van der Waals surface area contributed by atoms with Gasteiger partial charge in [0.1, 0.15) is 6.61 Å². The molecule has 1 N–H and O–H groups in total. The van der Waals surface area contributed by atoms with Crippen LogP contribution in [0.4, 0.5) is 4.79 Å². The summed E-state index contributed by atoms with van der Waals surface area (Å²) < 4.78 is 25.9. The Balaban J connectivity index is 1.90. The Morgan fingerprint density at radius 3 is 2.17 bits per heavy atom. The standard InChI is InChI=1S/C26H32ClNO8/c1-4-35-26(3,36-5-2)24(30)33-18-34-25(31)28-22(20-11-13-21(27)14-12-20)15-16-23(29)32-17-19-9-7-6-8-10-19/h6-14,22H,4-5,15-18H2,1-3H3,(H,28,31). The van der Waals surface area contributed by atoms with Crippen LogP contribution in [0.1, 0.15) is 50.8 Å². The Hall–Kier alpha value is -3.14. The highest BCUT2D eigenvalue weighted by Gasteiger charge is 2.37. The van der Waals surface area contributed by atoms with Gasteiger partial charge in [-0.05, 0) is 43.5 Å². The van der Waals surface area contributed by atoms with Crippen molar-refractivity contribution < 1.29 is 38.1 Å². The zero-order valence-corrected chi connectivity index (χ0v) is 21.4. The highest BCUT2D eigenvalue weighted by atomic mass is 35.5. The summed E-state index contributed by atoms with van der Waals surface area (Å²) >= 11 is 5.97. The molecule has 2 aromatic carbocycles. The molecule has 1 amide bonds. The molecule has 1 atom stereocenters. The first-order valence-electron chi connectivity index (χ1n) is 11.6. The molecular formula is C26H32ClNO8. The molecular weight excluding hydrogens is 490 g/mol. The van der Waals surface area contributed by atoms with Crippen molar-refractivity contribution in [1.82, 2.24) is 5.32 Å². The van der Waals surface area contributed by atoms with E-state index in [4.69, 9.17) is 35.3 Å². The molecule has 0 bridgehead atoms. The van der Waals surface area contributed by atoms with Gasteiger partial charge in [0, 0.05) is 31.6 Å². The lowest BCUT2D eigenvalue weighted by Gasteiger charge is -2.26. The maximum Gasteiger partial charge on any atom is 0.410 e. The second-order valence-corrected chi connectivity index (χ2v) is 8.16. The van der Waals surface area contributed by atoms with Crippen molar-refractivity contribution in [3.8, 4) is 0 Å². The Morgan fingerprint density at radius 2 is 1.56 bits per heavy atom. The van der Waals surface area contributed by atoms with Gasteiger partial charge < -0.3 is 29.0 Å². The van der Waals surface area contributed by atoms with Gasteiger partial charge in [-0.25, -0.2) is 9.59 Å². The molecule has 0 heterocycles. The van der Waals surface area contributed by atoms with Crippen LogP contribution in [0.2, 0.25) is 5.02 Å². The van der Waals surface area contributed by atoms with Crippen molar-refractivity contribution in [3.05, 3.63) is 70.7 Å². The molecule has 10 heteroatoms. The monoisotopic (exact) mass is 521 g/mol. The van der Waals surface area contributed by atoms with E-state index in [0.717, 1.165) is 5.56 Å². The van der Waals surface area contributed by atoms with Crippen molar-refractivity contribution in [3.63, 3.8) is 0 Å². The van der Waals surface area contributed by atoms with Crippen LogP contribution < -0.4 is 5.32 Å². The molecule has 0 aromatic heterocycles. The molecule has 0 aliphatic rings. The van der Waals surface area contributed by atoms with Crippen LogP contribution in [0.5, 0.6) is 0 Å². The van der Waals surface area contributed by atoms with E-state index < -0.39 is 36.7 Å². The molecule has 0 saturated carbocycles. The largest absolute Gasteiger partial charge is 0.461 e. The topological polar surface area (TPSA) is 109 Å². The molecule has 0 spiro atoms. The number of carbonyl (C=O) groups is 3. The molecule has 2 rings (SSSR count). The van der Waals surface area contributed by atoms with E-state index in [9.17, 15) is 14.4 Å². The molecule has 196 valence electrons. The molecule has 0 radical (unpaired) electrons.